The third-order valence-electron chi connectivity index (χ3n) is 6.29. The molecule has 2 aliphatic rings. The van der Waals surface area contributed by atoms with Gasteiger partial charge in [-0.15, -0.1) is 5.10 Å². The van der Waals surface area contributed by atoms with Crippen LogP contribution in [0.25, 0.3) is 5.69 Å². The Morgan fingerprint density at radius 1 is 0.758 bits per heavy atom. The summed E-state index contributed by atoms with van der Waals surface area (Å²) in [6, 6.07) is 15.1. The molecule has 0 bridgehead atoms. The Bertz CT molecular complexity index is 1180. The maximum Gasteiger partial charge on any atom is 0.277 e. The molecule has 2 amide bonds. The van der Waals surface area contributed by atoms with Crippen LogP contribution in [0.3, 0.4) is 0 Å². The van der Waals surface area contributed by atoms with Crippen molar-refractivity contribution in [1.82, 2.24) is 9.78 Å². The lowest BCUT2D eigenvalue weighted by molar-refractivity contribution is -0.119. The van der Waals surface area contributed by atoms with Gasteiger partial charge in [-0.2, -0.15) is 0 Å². The minimum Gasteiger partial charge on any atom is -0.497 e. The first-order valence-corrected chi connectivity index (χ1v) is 11.1. The highest BCUT2D eigenvalue weighted by Gasteiger charge is 2.34. The zero-order valence-electron chi connectivity index (χ0n) is 18.8. The van der Waals surface area contributed by atoms with E-state index in [9.17, 15) is 9.59 Å². The van der Waals surface area contributed by atoms with Crippen molar-refractivity contribution in [3.8, 4) is 17.3 Å². The van der Waals surface area contributed by atoms with Gasteiger partial charge in [-0.05, 0) is 67.8 Å². The number of amides is 2. The number of hydrogen-bond donors (Lipinski definition) is 0. The molecule has 1 aromatic heterocycles. The zero-order chi connectivity index (χ0) is 22.9. The minimum atomic E-state index is -0.135. The lowest BCUT2D eigenvalue weighted by Gasteiger charge is -2.29. The quantitative estimate of drug-likeness (QED) is 0.598. The van der Waals surface area contributed by atoms with Crippen LogP contribution in [-0.2, 0) is 11.2 Å². The summed E-state index contributed by atoms with van der Waals surface area (Å²) in [4.78, 5) is 29.5. The van der Waals surface area contributed by atoms with E-state index in [0.29, 0.717) is 31.0 Å². The molecule has 8 heteroatoms. The highest BCUT2D eigenvalue weighted by Crippen LogP contribution is 2.33. The molecule has 0 saturated carbocycles. The van der Waals surface area contributed by atoms with Crippen molar-refractivity contribution in [3.63, 3.8) is 0 Å². The Morgan fingerprint density at radius 2 is 1.42 bits per heavy atom. The van der Waals surface area contributed by atoms with Crippen molar-refractivity contribution >= 4 is 23.2 Å². The molecule has 2 aliphatic heterocycles. The molecule has 0 unspecified atom stereocenters. The summed E-state index contributed by atoms with van der Waals surface area (Å²) >= 11 is 0. The van der Waals surface area contributed by atoms with E-state index in [2.05, 4.69) is 5.10 Å². The summed E-state index contributed by atoms with van der Waals surface area (Å²) in [5, 5.41) is 4.56. The van der Waals surface area contributed by atoms with Crippen LogP contribution >= 0.6 is 0 Å². The highest BCUT2D eigenvalue weighted by atomic mass is 16.5. The van der Waals surface area contributed by atoms with Gasteiger partial charge < -0.3 is 19.3 Å². The van der Waals surface area contributed by atoms with Crippen LogP contribution in [0, 0.1) is 0 Å². The van der Waals surface area contributed by atoms with E-state index in [1.165, 1.54) is 0 Å². The molecule has 1 fully saturated rings. The second-order valence-electron chi connectivity index (χ2n) is 8.17. The zero-order valence-corrected chi connectivity index (χ0v) is 18.8. The van der Waals surface area contributed by atoms with Crippen LogP contribution in [0.2, 0.25) is 0 Å². The van der Waals surface area contributed by atoms with Gasteiger partial charge in [0.15, 0.2) is 0 Å². The Labute approximate surface area is 192 Å². The molecule has 0 N–H and O–H groups in total. The molecular weight excluding hydrogens is 420 g/mol. The summed E-state index contributed by atoms with van der Waals surface area (Å²) in [7, 11) is 3.18. The predicted molar refractivity (Wildman–Crippen MR) is 125 cm³/mol. The van der Waals surface area contributed by atoms with Gasteiger partial charge in [0.25, 0.3) is 5.91 Å². The van der Waals surface area contributed by atoms with E-state index in [-0.39, 0.29) is 11.8 Å². The van der Waals surface area contributed by atoms with Gasteiger partial charge in [0.2, 0.25) is 11.8 Å². The lowest BCUT2D eigenvalue weighted by Crippen LogP contribution is -2.39. The molecular formula is C25H26N4O4. The number of piperidine rings is 1. The molecule has 8 nitrogen and oxygen atoms in total. The number of carbonyl (C=O) groups is 2. The number of methoxy groups -OCH3 is 2. The average molecular weight is 447 g/mol. The monoisotopic (exact) mass is 446 g/mol. The molecule has 33 heavy (non-hydrogen) atoms. The largest absolute Gasteiger partial charge is 0.497 e. The summed E-state index contributed by atoms with van der Waals surface area (Å²) in [6.45, 7) is 1.27. The molecule has 3 aromatic rings. The number of anilines is 2. The van der Waals surface area contributed by atoms with Crippen molar-refractivity contribution in [2.45, 2.75) is 25.7 Å². The highest BCUT2D eigenvalue weighted by molar-refractivity contribution is 6.08. The fraction of sp³-hybridized carbons (Fsp3) is 0.320. The van der Waals surface area contributed by atoms with E-state index in [0.717, 1.165) is 47.8 Å². The van der Waals surface area contributed by atoms with Crippen molar-refractivity contribution < 1.29 is 19.1 Å². The number of ether oxygens (including phenoxy) is 2. The Kier molecular flexibility index (Phi) is 5.50. The smallest absolute Gasteiger partial charge is 0.277 e. The van der Waals surface area contributed by atoms with Gasteiger partial charge in [0.05, 0.1) is 19.9 Å². The molecule has 170 valence electrons. The van der Waals surface area contributed by atoms with Crippen LogP contribution < -0.4 is 19.3 Å². The molecule has 0 aliphatic carbocycles. The third kappa shape index (κ3) is 3.71. The molecule has 0 spiro atoms. The van der Waals surface area contributed by atoms with Crippen LogP contribution in [0.1, 0.15) is 35.3 Å². The van der Waals surface area contributed by atoms with Crippen LogP contribution in [0.15, 0.2) is 48.5 Å². The van der Waals surface area contributed by atoms with Crippen LogP contribution in [0.4, 0.5) is 11.4 Å². The van der Waals surface area contributed by atoms with E-state index < -0.39 is 0 Å². The number of rotatable bonds is 5. The summed E-state index contributed by atoms with van der Waals surface area (Å²) < 4.78 is 12.4. The van der Waals surface area contributed by atoms with Crippen LogP contribution in [0.5, 0.6) is 11.6 Å². The third-order valence-corrected chi connectivity index (χ3v) is 6.29. The summed E-state index contributed by atoms with van der Waals surface area (Å²) in [5.74, 6) is 1.22. The number of hydrogen-bond acceptors (Lipinski definition) is 5. The maximum atomic E-state index is 13.6. The molecule has 5 rings (SSSR count). The van der Waals surface area contributed by atoms with E-state index in [4.69, 9.17) is 9.47 Å². The van der Waals surface area contributed by atoms with Crippen molar-refractivity contribution in [2.75, 3.05) is 37.1 Å². The Morgan fingerprint density at radius 3 is 2.06 bits per heavy atom. The number of nitrogens with zero attached hydrogens (tertiary/aromatic N) is 4. The van der Waals surface area contributed by atoms with Crippen molar-refractivity contribution in [3.05, 3.63) is 59.8 Å². The molecule has 0 radical (unpaired) electrons. The second kappa shape index (κ2) is 8.61. The second-order valence-corrected chi connectivity index (χ2v) is 8.17. The lowest BCUT2D eigenvalue weighted by atomic mass is 10.0. The molecule has 1 saturated heterocycles. The molecule has 2 aromatic carbocycles. The summed E-state index contributed by atoms with van der Waals surface area (Å²) in [5.41, 5.74) is 3.73. The minimum absolute atomic E-state index is 0.135. The Hall–Kier alpha value is -3.81. The topological polar surface area (TPSA) is 76.9 Å². The average Bonchev–Trinajstić information content (AvgIpc) is 3.24. The van der Waals surface area contributed by atoms with Gasteiger partial charge in [0.1, 0.15) is 11.4 Å². The fourth-order valence-electron chi connectivity index (χ4n) is 4.54. The van der Waals surface area contributed by atoms with Crippen LogP contribution in [-0.4, -0.2) is 48.9 Å². The van der Waals surface area contributed by atoms with Crippen molar-refractivity contribution in [1.29, 1.82) is 0 Å². The summed E-state index contributed by atoms with van der Waals surface area (Å²) in [6.07, 6.45) is 3.18. The first-order valence-electron chi connectivity index (χ1n) is 11.1. The van der Waals surface area contributed by atoms with Gasteiger partial charge >= 0.3 is 0 Å². The number of fused-ring (bicyclic) bond motifs is 1. The molecule has 3 heterocycles. The van der Waals surface area contributed by atoms with Crippen molar-refractivity contribution in [2.24, 2.45) is 0 Å². The van der Waals surface area contributed by atoms with E-state index in [1.807, 2.05) is 53.4 Å². The number of benzene rings is 2. The fourth-order valence-corrected chi connectivity index (χ4v) is 4.54. The SMILES string of the molecule is COc1ccc(-n2nc(OC)c3c2C(=O)N(c2ccc(N4CCCCC4=O)cc2)CC3)cc1. The van der Waals surface area contributed by atoms with Gasteiger partial charge in [-0.25, -0.2) is 4.68 Å². The van der Waals surface area contributed by atoms with Gasteiger partial charge in [-0.1, -0.05) is 0 Å². The standard InChI is InChI=1S/C25H26N4O4/c1-32-20-12-10-19(11-13-20)29-23-21(24(26-29)33-2)14-16-28(25(23)31)18-8-6-17(7-9-18)27-15-4-3-5-22(27)30/h6-13H,3-5,14-16H2,1-2H3. The first kappa shape index (κ1) is 21.1. The predicted octanol–water partition coefficient (Wildman–Crippen LogP) is 3.61. The normalized spacial score (nSPS) is 16.1. The number of carbonyl (C=O) groups excluding carboxylic acids is 2. The van der Waals surface area contributed by atoms with Gasteiger partial charge in [0, 0.05) is 36.4 Å². The Balaban J connectivity index is 1.46. The first-order chi connectivity index (χ1) is 16.1. The molecule has 0 atom stereocenters. The maximum absolute atomic E-state index is 13.6. The van der Waals surface area contributed by atoms with Gasteiger partial charge in [-0.3, -0.25) is 9.59 Å². The number of aromatic nitrogens is 2. The van der Waals surface area contributed by atoms with E-state index >= 15 is 0 Å². The van der Waals surface area contributed by atoms with E-state index in [1.54, 1.807) is 23.8 Å².